The largest absolute Gasteiger partial charge is 0.356 e. The fourth-order valence-electron chi connectivity index (χ4n) is 0.748. The van der Waals surface area contributed by atoms with Crippen LogP contribution >= 0.6 is 0 Å². The van der Waals surface area contributed by atoms with Crippen LogP contribution in [0.5, 0.6) is 0 Å². The van der Waals surface area contributed by atoms with Gasteiger partial charge < -0.3 is 9.84 Å². The van der Waals surface area contributed by atoms with Crippen LogP contribution in [0.1, 0.15) is 34.1 Å². The molecule has 0 saturated heterocycles. The summed E-state index contributed by atoms with van der Waals surface area (Å²) < 4.78 is 5.15. The normalized spacial score (nSPS) is 14.2. The van der Waals surface area contributed by atoms with Gasteiger partial charge in [-0.05, 0) is 27.7 Å². The second-order valence-corrected chi connectivity index (χ2v) is 3.99. The molecule has 0 rings (SSSR count). The van der Waals surface area contributed by atoms with E-state index in [4.69, 9.17) is 4.74 Å². The van der Waals surface area contributed by atoms with Crippen LogP contribution < -0.4 is 5.32 Å². The first kappa shape index (κ1) is 12.6. The average molecular weight is 189 g/mol. The summed E-state index contributed by atoms with van der Waals surface area (Å²) in [6.45, 7) is 7.50. The zero-order valence-electron chi connectivity index (χ0n) is 8.76. The van der Waals surface area contributed by atoms with Gasteiger partial charge in [0, 0.05) is 13.0 Å². The number of nitrogens with one attached hydrogen (secondary N) is 1. The van der Waals surface area contributed by atoms with Gasteiger partial charge in [-0.2, -0.15) is 0 Å². The third kappa shape index (κ3) is 9.46. The van der Waals surface area contributed by atoms with E-state index >= 15 is 0 Å². The molecule has 0 aliphatic heterocycles. The zero-order valence-corrected chi connectivity index (χ0v) is 8.76. The van der Waals surface area contributed by atoms with Crippen molar-refractivity contribution < 1.29 is 14.6 Å². The highest BCUT2D eigenvalue weighted by molar-refractivity contribution is 5.75. The van der Waals surface area contributed by atoms with E-state index in [1.54, 1.807) is 0 Å². The number of carbonyl (C=O) groups is 1. The van der Waals surface area contributed by atoms with E-state index in [0.717, 1.165) is 0 Å². The van der Waals surface area contributed by atoms with Crippen LogP contribution in [-0.2, 0) is 9.53 Å². The summed E-state index contributed by atoms with van der Waals surface area (Å²) in [6.07, 6.45) is -0.593. The van der Waals surface area contributed by atoms with Crippen molar-refractivity contribution in [3.05, 3.63) is 0 Å². The van der Waals surface area contributed by atoms with E-state index in [1.807, 2.05) is 20.8 Å². The van der Waals surface area contributed by atoms with E-state index in [1.165, 1.54) is 6.92 Å². The molecule has 0 aromatic rings. The number of Topliss-reactive ketones (excluding diaryl/α,β-unsaturated/α-hetero) is 1. The maximum atomic E-state index is 10.5. The standard InChI is InChI=1S/C9H19NO3/c1-7(11)5-6-10-8(12)13-9(2,3)4/h8,10,12H,5-6H2,1-4H3/t8-/m0/s1. The average Bonchev–Trinajstić information content (AvgIpc) is 1.81. The SMILES string of the molecule is CC(=O)CCN[C@@H](O)OC(C)(C)C. The van der Waals surface area contributed by atoms with Crippen molar-refractivity contribution in [3.8, 4) is 0 Å². The van der Waals surface area contributed by atoms with E-state index < -0.39 is 6.41 Å². The number of ether oxygens (including phenoxy) is 1. The molecule has 4 heteroatoms. The first-order valence-electron chi connectivity index (χ1n) is 4.40. The Labute approximate surface area is 79.3 Å². The van der Waals surface area contributed by atoms with Crippen LogP contribution in [0.2, 0.25) is 0 Å². The summed E-state index contributed by atoms with van der Waals surface area (Å²) in [5.74, 6) is 0.0930. The Kier molecular flexibility index (Phi) is 5.13. The summed E-state index contributed by atoms with van der Waals surface area (Å²) in [6, 6.07) is 0. The van der Waals surface area contributed by atoms with Gasteiger partial charge in [-0.25, -0.2) is 0 Å². The predicted octanol–water partition coefficient (Wildman–Crippen LogP) is 0.646. The van der Waals surface area contributed by atoms with E-state index in [9.17, 15) is 9.90 Å². The molecule has 0 bridgehead atoms. The minimum atomic E-state index is -1.00. The summed E-state index contributed by atoms with van der Waals surface area (Å²) >= 11 is 0. The van der Waals surface area contributed by atoms with Gasteiger partial charge in [-0.15, -0.1) is 0 Å². The van der Waals surface area contributed by atoms with Crippen LogP contribution in [0.3, 0.4) is 0 Å². The molecule has 0 aromatic heterocycles. The summed E-state index contributed by atoms with van der Waals surface area (Å²) in [5, 5.41) is 11.9. The van der Waals surface area contributed by atoms with Gasteiger partial charge in [0.2, 0.25) is 6.41 Å². The van der Waals surface area contributed by atoms with Crippen LogP contribution in [0.4, 0.5) is 0 Å². The molecule has 4 nitrogen and oxygen atoms in total. The van der Waals surface area contributed by atoms with Gasteiger partial charge in [0.15, 0.2) is 0 Å². The summed E-state index contributed by atoms with van der Waals surface area (Å²) in [5.41, 5.74) is -0.386. The van der Waals surface area contributed by atoms with Gasteiger partial charge in [-0.1, -0.05) is 0 Å². The Morgan fingerprint density at radius 3 is 2.46 bits per heavy atom. The van der Waals surface area contributed by atoms with Gasteiger partial charge in [0.25, 0.3) is 0 Å². The highest BCUT2D eigenvalue weighted by Crippen LogP contribution is 2.07. The Bertz CT molecular complexity index is 163. The van der Waals surface area contributed by atoms with Crippen LogP contribution in [0.15, 0.2) is 0 Å². The fourth-order valence-corrected chi connectivity index (χ4v) is 0.748. The number of rotatable bonds is 5. The maximum Gasteiger partial charge on any atom is 0.214 e. The van der Waals surface area contributed by atoms with Crippen molar-refractivity contribution in [1.82, 2.24) is 5.32 Å². The van der Waals surface area contributed by atoms with Crippen molar-refractivity contribution in [2.75, 3.05) is 6.54 Å². The Morgan fingerprint density at radius 1 is 1.54 bits per heavy atom. The molecule has 0 unspecified atom stereocenters. The molecule has 0 aromatic carbocycles. The predicted molar refractivity (Wildman–Crippen MR) is 50.1 cm³/mol. The van der Waals surface area contributed by atoms with Gasteiger partial charge in [0.05, 0.1) is 5.60 Å². The molecule has 0 aliphatic carbocycles. The van der Waals surface area contributed by atoms with Crippen LogP contribution in [0.25, 0.3) is 0 Å². The van der Waals surface area contributed by atoms with Crippen molar-refractivity contribution in [2.24, 2.45) is 0 Å². The topological polar surface area (TPSA) is 58.6 Å². The van der Waals surface area contributed by atoms with Crippen molar-refractivity contribution >= 4 is 5.78 Å². The Balaban J connectivity index is 3.52. The zero-order chi connectivity index (χ0) is 10.5. The van der Waals surface area contributed by atoms with E-state index in [0.29, 0.717) is 13.0 Å². The summed E-state index contributed by atoms with van der Waals surface area (Å²) in [4.78, 5) is 10.5. The minimum Gasteiger partial charge on any atom is -0.356 e. The van der Waals surface area contributed by atoms with Crippen molar-refractivity contribution in [1.29, 1.82) is 0 Å². The molecule has 0 heterocycles. The fraction of sp³-hybridized carbons (Fsp3) is 0.889. The van der Waals surface area contributed by atoms with Crippen LogP contribution in [0, 0.1) is 0 Å². The third-order valence-electron chi connectivity index (χ3n) is 1.26. The third-order valence-corrected chi connectivity index (χ3v) is 1.26. The molecule has 1 atom stereocenters. The minimum absolute atomic E-state index is 0.0930. The monoisotopic (exact) mass is 189 g/mol. The number of hydrogen-bond acceptors (Lipinski definition) is 4. The highest BCUT2D eigenvalue weighted by Gasteiger charge is 2.15. The van der Waals surface area contributed by atoms with E-state index in [-0.39, 0.29) is 11.4 Å². The van der Waals surface area contributed by atoms with Crippen molar-refractivity contribution in [3.63, 3.8) is 0 Å². The molecule has 0 radical (unpaired) electrons. The molecule has 0 amide bonds. The quantitative estimate of drug-likeness (QED) is 0.623. The van der Waals surface area contributed by atoms with E-state index in [2.05, 4.69) is 5.32 Å². The second-order valence-electron chi connectivity index (χ2n) is 3.99. The smallest absolute Gasteiger partial charge is 0.214 e. The lowest BCUT2D eigenvalue weighted by molar-refractivity contribution is -0.181. The number of aliphatic hydroxyl groups is 1. The molecular formula is C9H19NO3. The second kappa shape index (κ2) is 5.32. The highest BCUT2D eigenvalue weighted by atomic mass is 16.6. The van der Waals surface area contributed by atoms with Gasteiger partial charge >= 0.3 is 0 Å². The Hall–Kier alpha value is -0.450. The molecule has 78 valence electrons. The molecule has 0 aliphatic rings. The lowest BCUT2D eigenvalue weighted by Crippen LogP contribution is -2.38. The first-order valence-corrected chi connectivity index (χ1v) is 4.40. The lowest BCUT2D eigenvalue weighted by Gasteiger charge is -2.24. The number of carbonyl (C=O) groups excluding carboxylic acids is 1. The molecule has 0 fully saturated rings. The Morgan fingerprint density at radius 2 is 2.08 bits per heavy atom. The number of hydrogen-bond donors (Lipinski definition) is 2. The van der Waals surface area contributed by atoms with Crippen molar-refractivity contribution in [2.45, 2.75) is 46.1 Å². The molecule has 0 spiro atoms. The van der Waals surface area contributed by atoms with Gasteiger partial charge in [-0.3, -0.25) is 10.1 Å². The first-order chi connectivity index (χ1) is 5.81. The lowest BCUT2D eigenvalue weighted by atomic mass is 10.2. The molecule has 0 saturated carbocycles. The number of ketones is 1. The molecule has 2 N–H and O–H groups in total. The van der Waals surface area contributed by atoms with Crippen LogP contribution in [-0.4, -0.2) is 29.4 Å². The maximum absolute atomic E-state index is 10.5. The number of aliphatic hydroxyl groups excluding tert-OH is 1. The molecular weight excluding hydrogens is 170 g/mol. The molecule has 13 heavy (non-hydrogen) atoms. The summed E-state index contributed by atoms with van der Waals surface area (Å²) in [7, 11) is 0. The van der Waals surface area contributed by atoms with Gasteiger partial charge in [0.1, 0.15) is 5.78 Å².